The Morgan fingerprint density at radius 1 is 1.15 bits per heavy atom. The third-order valence-electron chi connectivity index (χ3n) is 4.92. The molecule has 4 nitrogen and oxygen atoms in total. The average Bonchev–Trinajstić information content (AvgIpc) is 3.21. The van der Waals surface area contributed by atoms with Gasteiger partial charge in [-0.15, -0.1) is 11.3 Å². The van der Waals surface area contributed by atoms with Crippen LogP contribution in [0, 0.1) is 11.3 Å². The van der Waals surface area contributed by atoms with Crippen molar-refractivity contribution in [1.29, 1.82) is 5.26 Å². The largest absolute Gasteiger partial charge is 0.497 e. The van der Waals surface area contributed by atoms with Crippen LogP contribution >= 0.6 is 11.3 Å². The molecule has 134 valence electrons. The summed E-state index contributed by atoms with van der Waals surface area (Å²) in [5.74, 6) is 0.780. The number of rotatable bonds is 3. The van der Waals surface area contributed by atoms with Gasteiger partial charge in [-0.1, -0.05) is 12.1 Å². The molecule has 0 fully saturated rings. The van der Waals surface area contributed by atoms with Gasteiger partial charge in [0.2, 0.25) is 0 Å². The first-order chi connectivity index (χ1) is 13.2. The summed E-state index contributed by atoms with van der Waals surface area (Å²) < 4.78 is 5.27. The van der Waals surface area contributed by atoms with Crippen molar-refractivity contribution in [3.63, 3.8) is 0 Å². The van der Waals surface area contributed by atoms with Gasteiger partial charge in [0.1, 0.15) is 5.75 Å². The molecule has 1 atom stereocenters. The quantitative estimate of drug-likeness (QED) is 0.682. The summed E-state index contributed by atoms with van der Waals surface area (Å²) in [6.07, 6.45) is 0.863. The molecule has 0 aliphatic carbocycles. The number of benzene rings is 2. The maximum atomic E-state index is 13.3. The second-order valence-electron chi connectivity index (χ2n) is 6.41. The molecule has 2 aromatic carbocycles. The Kier molecular flexibility index (Phi) is 4.66. The number of ether oxygens (including phenoxy) is 1. The molecule has 0 N–H and O–H groups in total. The SMILES string of the molecule is COc1ccc(C2c3ccsc3CCN2C(=O)c2ccc(C#N)cc2)cc1. The van der Waals surface area contributed by atoms with E-state index in [2.05, 4.69) is 17.5 Å². The van der Waals surface area contributed by atoms with E-state index in [-0.39, 0.29) is 11.9 Å². The average molecular weight is 374 g/mol. The Morgan fingerprint density at radius 2 is 1.89 bits per heavy atom. The molecule has 0 bridgehead atoms. The minimum Gasteiger partial charge on any atom is -0.497 e. The van der Waals surface area contributed by atoms with Gasteiger partial charge in [0.05, 0.1) is 24.8 Å². The highest BCUT2D eigenvalue weighted by atomic mass is 32.1. The predicted octanol–water partition coefficient (Wildman–Crippen LogP) is 4.42. The molecule has 2 heterocycles. The highest BCUT2D eigenvalue weighted by molar-refractivity contribution is 7.10. The van der Waals surface area contributed by atoms with E-state index in [4.69, 9.17) is 10.00 Å². The summed E-state index contributed by atoms with van der Waals surface area (Å²) >= 11 is 1.75. The number of hydrogen-bond acceptors (Lipinski definition) is 4. The first-order valence-electron chi connectivity index (χ1n) is 8.72. The van der Waals surface area contributed by atoms with Crippen molar-refractivity contribution < 1.29 is 9.53 Å². The van der Waals surface area contributed by atoms with Crippen LogP contribution in [0.5, 0.6) is 5.75 Å². The number of carbonyl (C=O) groups is 1. The number of hydrogen-bond donors (Lipinski definition) is 0. The highest BCUT2D eigenvalue weighted by Crippen LogP contribution is 2.38. The summed E-state index contributed by atoms with van der Waals surface area (Å²) in [6, 6.07) is 18.8. The molecular formula is C22H18N2O2S. The van der Waals surface area contributed by atoms with Crippen molar-refractivity contribution in [1.82, 2.24) is 4.90 Å². The van der Waals surface area contributed by atoms with Crippen molar-refractivity contribution in [2.45, 2.75) is 12.5 Å². The van der Waals surface area contributed by atoms with Crippen LogP contribution in [0.4, 0.5) is 0 Å². The summed E-state index contributed by atoms with van der Waals surface area (Å²) in [7, 11) is 1.65. The molecule has 4 rings (SSSR count). The number of carbonyl (C=O) groups excluding carboxylic acids is 1. The topological polar surface area (TPSA) is 53.3 Å². The monoisotopic (exact) mass is 374 g/mol. The molecule has 1 amide bonds. The number of thiophene rings is 1. The zero-order valence-corrected chi connectivity index (χ0v) is 15.7. The van der Waals surface area contributed by atoms with E-state index in [1.165, 1.54) is 10.4 Å². The van der Waals surface area contributed by atoms with Gasteiger partial charge in [0, 0.05) is 17.0 Å². The van der Waals surface area contributed by atoms with Crippen molar-refractivity contribution in [2.24, 2.45) is 0 Å². The third kappa shape index (κ3) is 3.20. The van der Waals surface area contributed by atoms with E-state index in [9.17, 15) is 4.79 Å². The number of amides is 1. The summed E-state index contributed by atoms with van der Waals surface area (Å²) in [6.45, 7) is 0.670. The summed E-state index contributed by atoms with van der Waals surface area (Å²) in [5.41, 5.74) is 3.42. The fourth-order valence-corrected chi connectivity index (χ4v) is 4.44. The molecule has 0 saturated heterocycles. The highest BCUT2D eigenvalue weighted by Gasteiger charge is 2.33. The standard InChI is InChI=1S/C22H18N2O2S/c1-26-18-8-6-16(7-9-18)21-19-11-13-27-20(19)10-12-24(21)22(25)17-4-2-15(14-23)3-5-17/h2-9,11,13,21H,10,12H2,1H3. The molecule has 5 heteroatoms. The van der Waals surface area contributed by atoms with Gasteiger partial charge in [-0.2, -0.15) is 5.26 Å². The minimum atomic E-state index is -0.117. The van der Waals surface area contributed by atoms with Gasteiger partial charge >= 0.3 is 0 Å². The van der Waals surface area contributed by atoms with Gasteiger partial charge in [0.25, 0.3) is 5.91 Å². The molecular weight excluding hydrogens is 356 g/mol. The fraction of sp³-hybridized carbons (Fsp3) is 0.182. The Bertz CT molecular complexity index is 1000. The molecule has 1 aliphatic heterocycles. The number of fused-ring (bicyclic) bond motifs is 1. The molecule has 0 radical (unpaired) electrons. The van der Waals surface area contributed by atoms with Crippen LogP contribution < -0.4 is 4.74 Å². The molecule has 0 spiro atoms. The van der Waals surface area contributed by atoms with Gasteiger partial charge in [-0.25, -0.2) is 0 Å². The third-order valence-corrected chi connectivity index (χ3v) is 5.92. The van der Waals surface area contributed by atoms with E-state index in [0.717, 1.165) is 17.7 Å². The van der Waals surface area contributed by atoms with Crippen molar-refractivity contribution in [2.75, 3.05) is 13.7 Å². The smallest absolute Gasteiger partial charge is 0.254 e. The molecule has 1 aliphatic rings. The van der Waals surface area contributed by atoms with E-state index in [0.29, 0.717) is 17.7 Å². The number of nitrogens with zero attached hydrogens (tertiary/aromatic N) is 2. The van der Waals surface area contributed by atoms with Crippen LogP contribution in [-0.2, 0) is 6.42 Å². The predicted molar refractivity (Wildman–Crippen MR) is 105 cm³/mol. The molecule has 27 heavy (non-hydrogen) atoms. The van der Waals surface area contributed by atoms with E-state index >= 15 is 0 Å². The maximum absolute atomic E-state index is 13.3. The molecule has 1 unspecified atom stereocenters. The van der Waals surface area contributed by atoms with Gasteiger partial charge in [0.15, 0.2) is 0 Å². The zero-order valence-electron chi connectivity index (χ0n) is 14.9. The Balaban J connectivity index is 1.73. The Labute approximate surface area is 162 Å². The van der Waals surface area contributed by atoms with E-state index < -0.39 is 0 Å². The fourth-order valence-electron chi connectivity index (χ4n) is 3.53. The van der Waals surface area contributed by atoms with Gasteiger partial charge in [-0.05, 0) is 65.4 Å². The summed E-state index contributed by atoms with van der Waals surface area (Å²) in [5, 5.41) is 11.1. The van der Waals surface area contributed by atoms with Gasteiger partial charge in [-0.3, -0.25) is 4.79 Å². The van der Waals surface area contributed by atoms with Crippen LogP contribution in [-0.4, -0.2) is 24.5 Å². The zero-order chi connectivity index (χ0) is 18.8. The van der Waals surface area contributed by atoms with Crippen molar-refractivity contribution in [3.8, 4) is 11.8 Å². The summed E-state index contributed by atoms with van der Waals surface area (Å²) in [4.78, 5) is 16.5. The van der Waals surface area contributed by atoms with Crippen LogP contribution in [0.2, 0.25) is 0 Å². The lowest BCUT2D eigenvalue weighted by atomic mass is 9.92. The van der Waals surface area contributed by atoms with Crippen molar-refractivity contribution >= 4 is 17.2 Å². The van der Waals surface area contributed by atoms with Crippen LogP contribution in [0.1, 0.15) is 38.0 Å². The number of nitriles is 1. The lowest BCUT2D eigenvalue weighted by Crippen LogP contribution is -2.40. The molecule has 3 aromatic rings. The normalized spacial score (nSPS) is 15.7. The lowest BCUT2D eigenvalue weighted by molar-refractivity contribution is 0.0696. The first-order valence-corrected chi connectivity index (χ1v) is 9.60. The van der Waals surface area contributed by atoms with Gasteiger partial charge < -0.3 is 9.64 Å². The minimum absolute atomic E-state index is 0.0165. The first kappa shape index (κ1) is 17.3. The lowest BCUT2D eigenvalue weighted by Gasteiger charge is -2.36. The number of methoxy groups -OCH3 is 1. The Morgan fingerprint density at radius 3 is 2.56 bits per heavy atom. The van der Waals surface area contributed by atoms with E-state index in [1.54, 1.807) is 42.7 Å². The second-order valence-corrected chi connectivity index (χ2v) is 7.41. The molecule has 0 saturated carbocycles. The van der Waals surface area contributed by atoms with Crippen molar-refractivity contribution in [3.05, 3.63) is 87.1 Å². The Hall–Kier alpha value is -3.10. The second kappa shape index (κ2) is 7.26. The van der Waals surface area contributed by atoms with E-state index in [1.807, 2.05) is 29.2 Å². The van der Waals surface area contributed by atoms with Crippen LogP contribution in [0.25, 0.3) is 0 Å². The van der Waals surface area contributed by atoms with Crippen LogP contribution in [0.3, 0.4) is 0 Å². The molecule has 1 aromatic heterocycles. The van der Waals surface area contributed by atoms with Crippen LogP contribution in [0.15, 0.2) is 60.0 Å². The maximum Gasteiger partial charge on any atom is 0.254 e.